The molecular weight excluding hydrogens is 825 g/mol. The van der Waals surface area contributed by atoms with E-state index in [-0.39, 0.29) is 18.0 Å². The Balaban J connectivity index is 0.889. The summed E-state index contributed by atoms with van der Waals surface area (Å²) in [6.45, 7) is 7.33. The molecule has 1 amide bonds. The van der Waals surface area contributed by atoms with Gasteiger partial charge in [-0.2, -0.15) is 0 Å². The predicted octanol–water partition coefficient (Wildman–Crippen LogP) is 8.57. The number of allylic oxidation sites excluding steroid dienone is 5. The first-order valence-corrected chi connectivity index (χ1v) is 25.4. The molecule has 10 nitrogen and oxygen atoms in total. The molecule has 4 aromatic rings. The number of amides is 1. The van der Waals surface area contributed by atoms with E-state index in [1.165, 1.54) is 23.1 Å². The van der Waals surface area contributed by atoms with Crippen LogP contribution in [0.2, 0.25) is 13.1 Å². The van der Waals surface area contributed by atoms with Gasteiger partial charge in [0.25, 0.3) is 5.91 Å². The second-order valence-electron chi connectivity index (χ2n) is 18.4. The molecule has 9 rings (SSSR count). The van der Waals surface area contributed by atoms with Crippen molar-refractivity contribution in [3.8, 4) is 22.5 Å². The summed E-state index contributed by atoms with van der Waals surface area (Å²) in [6, 6.07) is 30.9. The summed E-state index contributed by atoms with van der Waals surface area (Å²) in [6.07, 6.45) is 9.56. The highest BCUT2D eigenvalue weighted by Gasteiger charge is 2.40. The number of ether oxygens (including phenoxy) is 1. The lowest BCUT2D eigenvalue weighted by Crippen LogP contribution is -2.49. The van der Waals surface area contributed by atoms with Crippen molar-refractivity contribution in [2.45, 2.75) is 64.3 Å². The number of hydrogen-bond acceptors (Lipinski definition) is 8. The average Bonchev–Trinajstić information content (AvgIpc) is 3.30. The van der Waals surface area contributed by atoms with Crippen molar-refractivity contribution in [1.29, 1.82) is 5.41 Å². The van der Waals surface area contributed by atoms with Crippen LogP contribution in [0.4, 0.5) is 11.4 Å². The van der Waals surface area contributed by atoms with Crippen molar-refractivity contribution < 1.29 is 18.7 Å². The number of nitrogens with zero attached hydrogens (tertiary/aromatic N) is 1. The van der Waals surface area contributed by atoms with E-state index in [4.69, 9.17) is 20.3 Å². The second-order valence-corrected chi connectivity index (χ2v) is 22.7. The number of hydrogen-bond donors (Lipinski definition) is 5. The number of nitrogens with one attached hydrogen (secondary N) is 4. The van der Waals surface area contributed by atoms with Gasteiger partial charge < -0.3 is 36.2 Å². The van der Waals surface area contributed by atoms with Gasteiger partial charge in [0.2, 0.25) is 5.36 Å². The summed E-state index contributed by atoms with van der Waals surface area (Å²) in [5.41, 5.74) is 19.5. The minimum Gasteiger partial charge on any atom is -0.465 e. The lowest BCUT2D eigenvalue weighted by molar-refractivity contribution is 0.0601. The Labute approximate surface area is 381 Å². The van der Waals surface area contributed by atoms with Crippen LogP contribution in [0, 0.1) is 12.3 Å². The predicted molar refractivity (Wildman–Crippen MR) is 267 cm³/mol. The zero-order chi connectivity index (χ0) is 45.7. The largest absolute Gasteiger partial charge is 0.465 e. The zero-order valence-electron chi connectivity index (χ0n) is 38.2. The van der Waals surface area contributed by atoms with Crippen LogP contribution in [0.25, 0.3) is 39.0 Å². The topological polar surface area (TPSA) is 145 Å². The van der Waals surface area contributed by atoms with Crippen LogP contribution >= 0.6 is 0 Å². The third-order valence-electron chi connectivity index (χ3n) is 13.6. The lowest BCUT2D eigenvalue weighted by atomic mass is 9.87. The van der Waals surface area contributed by atoms with Gasteiger partial charge in [0.05, 0.1) is 24.5 Å². The molecule has 0 spiro atoms. The number of esters is 1. The van der Waals surface area contributed by atoms with Crippen LogP contribution in [0.3, 0.4) is 0 Å². The summed E-state index contributed by atoms with van der Waals surface area (Å²) in [5.74, 6) is 0.265. The van der Waals surface area contributed by atoms with Crippen LogP contribution in [0.1, 0.15) is 68.7 Å². The Hall–Kier alpha value is -6.82. The Bertz CT molecular complexity index is 3090. The van der Waals surface area contributed by atoms with Gasteiger partial charge in [-0.25, -0.2) is 9.37 Å². The van der Waals surface area contributed by atoms with Crippen LogP contribution in [0.15, 0.2) is 124 Å². The van der Waals surface area contributed by atoms with Crippen molar-refractivity contribution in [1.82, 2.24) is 15.2 Å². The van der Waals surface area contributed by atoms with Gasteiger partial charge in [0.15, 0.2) is 0 Å². The summed E-state index contributed by atoms with van der Waals surface area (Å²) < 4.78 is 13.9. The van der Waals surface area contributed by atoms with Gasteiger partial charge in [-0.15, -0.1) is 0 Å². The van der Waals surface area contributed by atoms with E-state index in [9.17, 15) is 9.59 Å². The fraction of sp³-hybridized carbons (Fsp3) is 0.259. The van der Waals surface area contributed by atoms with Gasteiger partial charge in [0.1, 0.15) is 33.5 Å². The molecule has 0 unspecified atom stereocenters. The van der Waals surface area contributed by atoms with E-state index in [2.05, 4.69) is 78.4 Å². The van der Waals surface area contributed by atoms with Crippen LogP contribution < -0.4 is 36.8 Å². The van der Waals surface area contributed by atoms with Gasteiger partial charge in [-0.05, 0) is 143 Å². The molecule has 330 valence electrons. The van der Waals surface area contributed by atoms with Gasteiger partial charge in [-0.3, -0.25) is 4.79 Å². The number of methoxy groups -OCH3 is 1. The van der Waals surface area contributed by atoms with E-state index in [0.29, 0.717) is 29.0 Å². The number of nitrogens with two attached hydrogens (primary N) is 1. The maximum atomic E-state index is 13.7. The third-order valence-corrected chi connectivity index (χ3v) is 17.2. The molecule has 0 aromatic heterocycles. The number of rotatable bonds is 9. The molecule has 65 heavy (non-hydrogen) atoms. The maximum Gasteiger partial charge on any atom is 0.338 e. The molecule has 0 radical (unpaired) electrons. The molecule has 3 aliphatic carbocycles. The number of carbonyl (C=O) groups excluding carboxylic acids is 2. The molecule has 1 fully saturated rings. The molecule has 2 heterocycles. The summed E-state index contributed by atoms with van der Waals surface area (Å²) >= 11 is 0. The number of benzene rings is 5. The first kappa shape index (κ1) is 43.4. The first-order chi connectivity index (χ1) is 31.2. The molecule has 1 saturated carbocycles. The second kappa shape index (κ2) is 17.3. The van der Waals surface area contributed by atoms with E-state index in [1.54, 1.807) is 0 Å². The molecule has 4 aromatic carbocycles. The normalized spacial score (nSPS) is 17.6. The van der Waals surface area contributed by atoms with E-state index >= 15 is 0 Å². The Morgan fingerprint density at radius 1 is 0.862 bits per heavy atom. The Kier molecular flexibility index (Phi) is 11.5. The highest BCUT2D eigenvalue weighted by molar-refractivity contribution is 6.98. The molecule has 11 heteroatoms. The quantitative estimate of drug-likeness (QED) is 0.0322. The molecule has 0 saturated heterocycles. The van der Waals surface area contributed by atoms with E-state index in [0.717, 1.165) is 98.1 Å². The van der Waals surface area contributed by atoms with Gasteiger partial charge in [0, 0.05) is 71.3 Å². The fourth-order valence-electron chi connectivity index (χ4n) is 10.0. The Morgan fingerprint density at radius 3 is 2.34 bits per heavy atom. The molecule has 0 bridgehead atoms. The number of aryl methyl sites for hydroxylation is 1. The fourth-order valence-corrected chi connectivity index (χ4v) is 13.1. The molecule has 6 N–H and O–H groups in total. The average molecular weight is 882 g/mol. The Morgan fingerprint density at radius 2 is 1.60 bits per heavy atom. The summed E-state index contributed by atoms with van der Waals surface area (Å²) in [7, 11) is 5.18. The minimum atomic E-state index is -2.12. The van der Waals surface area contributed by atoms with Crippen molar-refractivity contribution in [2.24, 2.45) is 0 Å². The van der Waals surface area contributed by atoms with E-state index in [1.807, 2.05) is 92.5 Å². The third kappa shape index (κ3) is 8.15. The molecule has 5 aliphatic rings. The number of fused-ring (bicyclic) bond motifs is 4. The molecule has 2 aliphatic heterocycles. The van der Waals surface area contributed by atoms with Crippen molar-refractivity contribution in [3.63, 3.8) is 0 Å². The minimum absolute atomic E-state index is 0.0608. The standard InChI is InChI=1S/C54H56N6O4Si/c1-31-24-33(9-19-40(31)51-44-20-10-34(55)26-49(44)65(6,7)50-27-35(56)11-21-45(50)51)53(61)59-37-14-12-36(13-15-37)58-30-32-8-18-41(46(25-32)54(62)63-5)52-42-22-16-38(57-2)28-47(42)64-48-29-39(60(3)4)17-23-43(48)52/h8-11,16-29,36-37,58H,12-15,30H2,1-7H3,(H4,55,56,59,61)/p+1. The number of carbonyl (C=O) groups is 2. The van der Waals surface area contributed by atoms with E-state index < -0.39 is 14.0 Å². The zero-order valence-corrected chi connectivity index (χ0v) is 39.2. The monoisotopic (exact) mass is 881 g/mol. The first-order valence-electron chi connectivity index (χ1n) is 22.4. The van der Waals surface area contributed by atoms with Crippen molar-refractivity contribution in [2.75, 3.05) is 39.3 Å². The van der Waals surface area contributed by atoms with Crippen LogP contribution in [-0.4, -0.2) is 66.0 Å². The molecular formula is C54H57N6O4Si+. The SMILES string of the molecule is CNc1ccc2c(-c3ccc(CNC4CCC(NC(=O)c5ccc(C6=C7C=CC(=N)C=C7[Si](C)(C)c7cc(N)ccc76)c(C)c5)CC4)cc3C(=O)OC)c3ccc(=[N+](C)C)cc-3oc2c1. The highest BCUT2D eigenvalue weighted by Crippen LogP contribution is 2.44. The highest BCUT2D eigenvalue weighted by atomic mass is 28.3. The van der Waals surface area contributed by atoms with Crippen LogP contribution in [-0.2, 0) is 11.3 Å². The number of anilines is 2. The summed E-state index contributed by atoms with van der Waals surface area (Å²) in [5, 5.41) is 23.1. The maximum absolute atomic E-state index is 13.7. The smallest absolute Gasteiger partial charge is 0.338 e. The van der Waals surface area contributed by atoms with Gasteiger partial charge >= 0.3 is 5.97 Å². The van der Waals surface area contributed by atoms with Crippen molar-refractivity contribution >= 4 is 58.8 Å². The number of nitrogen functional groups attached to an aromatic ring is 1. The molecule has 0 atom stereocenters. The summed E-state index contributed by atoms with van der Waals surface area (Å²) in [4.78, 5) is 27.3. The van der Waals surface area contributed by atoms with Crippen LogP contribution in [0.5, 0.6) is 0 Å². The lowest BCUT2D eigenvalue weighted by Gasteiger charge is -2.38. The van der Waals surface area contributed by atoms with Gasteiger partial charge in [-0.1, -0.05) is 43.4 Å². The van der Waals surface area contributed by atoms with Crippen molar-refractivity contribution in [3.05, 3.63) is 159 Å².